The van der Waals surface area contributed by atoms with Crippen LogP contribution in [-0.4, -0.2) is 16.1 Å². The number of carbonyl (C=O) groups is 1. The number of carbonyl (C=O) groups excluding carboxylic acids is 1. The fraction of sp³-hybridized carbons (Fsp3) is 0.118. The molecule has 3 aromatic rings. The highest BCUT2D eigenvalue weighted by Crippen LogP contribution is 2.14. The SMILES string of the molecule is O=C(OCc1nc(COc2ccc(F)cc2)no1)c1ccccc1I. The van der Waals surface area contributed by atoms with Crippen molar-refractivity contribution >= 4 is 28.6 Å². The number of ether oxygens (including phenoxy) is 2. The number of nitrogens with zero attached hydrogens (tertiary/aromatic N) is 2. The normalized spacial score (nSPS) is 10.5. The van der Waals surface area contributed by atoms with Gasteiger partial charge < -0.3 is 14.0 Å². The Kier molecular flexibility index (Phi) is 5.59. The molecular formula is C17H12FIN2O4. The van der Waals surface area contributed by atoms with Crippen molar-refractivity contribution in [3.8, 4) is 5.75 Å². The number of hydrogen-bond donors (Lipinski definition) is 0. The van der Waals surface area contributed by atoms with E-state index in [2.05, 4.69) is 32.7 Å². The van der Waals surface area contributed by atoms with Gasteiger partial charge in [0, 0.05) is 3.57 Å². The number of esters is 1. The second-order valence-electron chi connectivity index (χ2n) is 4.90. The summed E-state index contributed by atoms with van der Waals surface area (Å²) in [6.07, 6.45) is 0. The second kappa shape index (κ2) is 8.06. The summed E-state index contributed by atoms with van der Waals surface area (Å²) in [5, 5.41) is 3.74. The smallest absolute Gasteiger partial charge is 0.339 e. The van der Waals surface area contributed by atoms with Gasteiger partial charge in [-0.05, 0) is 59.0 Å². The second-order valence-corrected chi connectivity index (χ2v) is 6.07. The molecule has 0 spiro atoms. The topological polar surface area (TPSA) is 74.5 Å². The minimum absolute atomic E-state index is 0.0552. The standard InChI is InChI=1S/C17H12FIN2O4/c18-11-5-7-12(8-6-11)23-9-15-20-16(25-21-15)10-24-17(22)13-3-1-2-4-14(13)19/h1-8H,9-10H2. The largest absolute Gasteiger partial charge is 0.485 e. The van der Waals surface area contributed by atoms with Crippen molar-refractivity contribution in [3.63, 3.8) is 0 Å². The summed E-state index contributed by atoms with van der Waals surface area (Å²) < 4.78 is 29.2. The average Bonchev–Trinajstić information content (AvgIpc) is 3.07. The molecule has 0 fully saturated rings. The summed E-state index contributed by atoms with van der Waals surface area (Å²) in [7, 11) is 0. The van der Waals surface area contributed by atoms with Crippen LogP contribution in [0.5, 0.6) is 5.75 Å². The predicted molar refractivity (Wildman–Crippen MR) is 93.3 cm³/mol. The van der Waals surface area contributed by atoms with Crippen LogP contribution in [0, 0.1) is 9.39 Å². The van der Waals surface area contributed by atoms with E-state index in [4.69, 9.17) is 14.0 Å². The van der Waals surface area contributed by atoms with E-state index in [0.717, 1.165) is 3.57 Å². The van der Waals surface area contributed by atoms with E-state index < -0.39 is 5.97 Å². The van der Waals surface area contributed by atoms with Crippen LogP contribution in [-0.2, 0) is 18.0 Å². The van der Waals surface area contributed by atoms with Gasteiger partial charge in [-0.3, -0.25) is 0 Å². The molecule has 0 saturated carbocycles. The Bertz CT molecular complexity index is 867. The Balaban J connectivity index is 1.52. The Morgan fingerprint density at radius 1 is 1.12 bits per heavy atom. The third-order valence-electron chi connectivity index (χ3n) is 3.11. The molecule has 128 valence electrons. The molecule has 6 nitrogen and oxygen atoms in total. The Morgan fingerprint density at radius 2 is 1.88 bits per heavy atom. The minimum Gasteiger partial charge on any atom is -0.485 e. The molecule has 2 aromatic carbocycles. The van der Waals surface area contributed by atoms with Gasteiger partial charge in [0.1, 0.15) is 11.6 Å². The fourth-order valence-electron chi connectivity index (χ4n) is 1.92. The maximum Gasteiger partial charge on any atom is 0.339 e. The van der Waals surface area contributed by atoms with E-state index in [9.17, 15) is 9.18 Å². The molecule has 0 radical (unpaired) electrons. The highest BCUT2D eigenvalue weighted by atomic mass is 127. The predicted octanol–water partition coefficient (Wildman–Crippen LogP) is 3.75. The van der Waals surface area contributed by atoms with Gasteiger partial charge in [0.2, 0.25) is 5.82 Å². The van der Waals surface area contributed by atoms with Gasteiger partial charge in [0.15, 0.2) is 13.2 Å². The van der Waals surface area contributed by atoms with Crippen LogP contribution >= 0.6 is 22.6 Å². The zero-order valence-corrected chi connectivity index (χ0v) is 15.0. The Hall–Kier alpha value is -2.49. The van der Waals surface area contributed by atoms with Crippen LogP contribution in [0.3, 0.4) is 0 Å². The first-order valence-corrected chi connectivity index (χ1v) is 8.31. The third-order valence-corrected chi connectivity index (χ3v) is 4.05. The molecule has 0 aliphatic heterocycles. The molecule has 0 aliphatic carbocycles. The molecule has 1 aromatic heterocycles. The van der Waals surface area contributed by atoms with E-state index in [1.165, 1.54) is 24.3 Å². The summed E-state index contributed by atoms with van der Waals surface area (Å²) in [6.45, 7) is -0.0764. The fourth-order valence-corrected chi connectivity index (χ4v) is 2.53. The molecule has 0 unspecified atom stereocenters. The van der Waals surface area contributed by atoms with Crippen LogP contribution in [0.4, 0.5) is 4.39 Å². The van der Waals surface area contributed by atoms with Gasteiger partial charge >= 0.3 is 5.97 Å². The summed E-state index contributed by atoms with van der Waals surface area (Å²) >= 11 is 2.06. The van der Waals surface area contributed by atoms with Gasteiger partial charge in [-0.25, -0.2) is 9.18 Å². The molecule has 0 amide bonds. The quantitative estimate of drug-likeness (QED) is 0.418. The van der Waals surface area contributed by atoms with Gasteiger partial charge in [-0.2, -0.15) is 4.98 Å². The molecule has 1 heterocycles. The summed E-state index contributed by atoms with van der Waals surface area (Å²) in [5.74, 6) is 0.135. The van der Waals surface area contributed by atoms with Crippen molar-refractivity contribution < 1.29 is 23.2 Å². The van der Waals surface area contributed by atoms with Crippen molar-refractivity contribution in [1.29, 1.82) is 0 Å². The number of aromatic nitrogens is 2. The van der Waals surface area contributed by atoms with Crippen molar-refractivity contribution in [2.24, 2.45) is 0 Å². The van der Waals surface area contributed by atoms with Crippen LogP contribution in [0.15, 0.2) is 53.1 Å². The van der Waals surface area contributed by atoms with E-state index >= 15 is 0 Å². The van der Waals surface area contributed by atoms with Crippen LogP contribution in [0.2, 0.25) is 0 Å². The molecule has 8 heteroatoms. The Labute approximate surface area is 156 Å². The van der Waals surface area contributed by atoms with Crippen LogP contribution in [0.1, 0.15) is 22.1 Å². The van der Waals surface area contributed by atoms with Gasteiger partial charge in [0.25, 0.3) is 5.89 Å². The molecule has 0 bridgehead atoms. The first-order chi connectivity index (χ1) is 12.1. The Morgan fingerprint density at radius 3 is 2.64 bits per heavy atom. The van der Waals surface area contributed by atoms with Crippen molar-refractivity contribution in [2.45, 2.75) is 13.2 Å². The lowest BCUT2D eigenvalue weighted by atomic mass is 10.2. The van der Waals surface area contributed by atoms with Crippen molar-refractivity contribution in [1.82, 2.24) is 10.1 Å². The molecule has 0 saturated heterocycles. The average molecular weight is 454 g/mol. The first-order valence-electron chi connectivity index (χ1n) is 7.23. The summed E-state index contributed by atoms with van der Waals surface area (Å²) in [6, 6.07) is 12.7. The van der Waals surface area contributed by atoms with Crippen molar-refractivity contribution in [2.75, 3.05) is 0 Å². The molecule has 0 aliphatic rings. The lowest BCUT2D eigenvalue weighted by Gasteiger charge is -2.03. The highest BCUT2D eigenvalue weighted by molar-refractivity contribution is 14.1. The maximum absolute atomic E-state index is 12.8. The molecule has 0 N–H and O–H groups in total. The van der Waals surface area contributed by atoms with Crippen LogP contribution < -0.4 is 4.74 Å². The monoisotopic (exact) mass is 454 g/mol. The minimum atomic E-state index is -0.465. The zero-order chi connectivity index (χ0) is 17.6. The van der Waals surface area contributed by atoms with E-state index in [-0.39, 0.29) is 24.9 Å². The number of hydrogen-bond acceptors (Lipinski definition) is 6. The van der Waals surface area contributed by atoms with Crippen molar-refractivity contribution in [3.05, 3.63) is 75.2 Å². The highest BCUT2D eigenvalue weighted by Gasteiger charge is 2.14. The van der Waals surface area contributed by atoms with Gasteiger partial charge in [-0.15, -0.1) is 0 Å². The van der Waals surface area contributed by atoms with E-state index in [1.54, 1.807) is 12.1 Å². The van der Waals surface area contributed by atoms with Gasteiger partial charge in [0.05, 0.1) is 5.56 Å². The first kappa shape index (κ1) is 17.3. The lowest BCUT2D eigenvalue weighted by Crippen LogP contribution is -2.07. The van der Waals surface area contributed by atoms with E-state index in [1.807, 2.05) is 12.1 Å². The summed E-state index contributed by atoms with van der Waals surface area (Å²) in [4.78, 5) is 16.1. The maximum atomic E-state index is 12.8. The molecule has 25 heavy (non-hydrogen) atoms. The molecule has 3 rings (SSSR count). The molecule has 0 atom stereocenters. The zero-order valence-electron chi connectivity index (χ0n) is 12.8. The lowest BCUT2D eigenvalue weighted by molar-refractivity contribution is 0.0428. The third kappa shape index (κ3) is 4.75. The van der Waals surface area contributed by atoms with Gasteiger partial charge in [-0.1, -0.05) is 17.3 Å². The number of rotatable bonds is 6. The molecular weight excluding hydrogens is 442 g/mol. The van der Waals surface area contributed by atoms with Crippen LogP contribution in [0.25, 0.3) is 0 Å². The number of benzene rings is 2. The summed E-state index contributed by atoms with van der Waals surface area (Å²) in [5.41, 5.74) is 0.475. The van der Waals surface area contributed by atoms with E-state index in [0.29, 0.717) is 17.1 Å². The number of halogens is 2.